The molecule has 2 aliphatic rings. The van der Waals surface area contributed by atoms with Crippen LogP contribution in [0.2, 0.25) is 0 Å². The van der Waals surface area contributed by atoms with Crippen molar-refractivity contribution in [2.75, 3.05) is 25.0 Å². The fourth-order valence-electron chi connectivity index (χ4n) is 3.40. The Balaban J connectivity index is 1.54. The molecule has 5 N–H and O–H groups in total. The van der Waals surface area contributed by atoms with Gasteiger partial charge in [0, 0.05) is 17.2 Å². The Bertz CT molecular complexity index is 650. The molecule has 3 amide bonds. The van der Waals surface area contributed by atoms with E-state index in [1.807, 2.05) is 0 Å². The van der Waals surface area contributed by atoms with E-state index in [0.717, 1.165) is 32.4 Å². The standard InChI is InChI=1S/C17H22N4O3/c18-14(22)10-20-15(23)11-1-3-12(4-2-11)21-16(24)13-9-17(13)5-7-19-8-6-17/h1-4,13,19H,5-10H2,(H2,18,22)(H,20,23)(H,21,24). The molecule has 1 saturated heterocycles. The fraction of sp³-hybridized carbons (Fsp3) is 0.471. The summed E-state index contributed by atoms with van der Waals surface area (Å²) in [5.41, 5.74) is 6.27. The number of amides is 3. The number of rotatable bonds is 5. The van der Waals surface area contributed by atoms with Gasteiger partial charge in [-0.05, 0) is 62.0 Å². The van der Waals surface area contributed by atoms with E-state index < -0.39 is 5.91 Å². The van der Waals surface area contributed by atoms with Crippen LogP contribution in [0.3, 0.4) is 0 Å². The number of anilines is 1. The van der Waals surface area contributed by atoms with Gasteiger partial charge >= 0.3 is 0 Å². The van der Waals surface area contributed by atoms with Gasteiger partial charge in [0.25, 0.3) is 5.91 Å². The van der Waals surface area contributed by atoms with Crippen molar-refractivity contribution in [2.24, 2.45) is 17.1 Å². The highest BCUT2D eigenvalue weighted by molar-refractivity contribution is 5.98. The molecule has 0 radical (unpaired) electrons. The van der Waals surface area contributed by atoms with Crippen LogP contribution in [-0.4, -0.2) is 37.4 Å². The number of carbonyl (C=O) groups is 3. The van der Waals surface area contributed by atoms with E-state index in [1.54, 1.807) is 24.3 Å². The maximum Gasteiger partial charge on any atom is 0.251 e. The van der Waals surface area contributed by atoms with Gasteiger partial charge in [-0.15, -0.1) is 0 Å². The number of nitrogens with one attached hydrogen (secondary N) is 3. The summed E-state index contributed by atoms with van der Waals surface area (Å²) >= 11 is 0. The fourth-order valence-corrected chi connectivity index (χ4v) is 3.40. The van der Waals surface area contributed by atoms with Crippen molar-refractivity contribution in [3.8, 4) is 0 Å². The molecule has 0 bridgehead atoms. The maximum absolute atomic E-state index is 12.4. The van der Waals surface area contributed by atoms with Crippen molar-refractivity contribution in [3.05, 3.63) is 29.8 Å². The summed E-state index contributed by atoms with van der Waals surface area (Å²) in [6.07, 6.45) is 3.09. The van der Waals surface area contributed by atoms with Gasteiger partial charge in [0.05, 0.1) is 6.54 Å². The Morgan fingerprint density at radius 3 is 2.46 bits per heavy atom. The summed E-state index contributed by atoms with van der Waals surface area (Å²) in [5, 5.41) is 8.67. The minimum atomic E-state index is -0.594. The predicted octanol–water partition coefficient (Wildman–Crippen LogP) is 0.230. The van der Waals surface area contributed by atoms with Crippen LogP contribution >= 0.6 is 0 Å². The molecule has 3 rings (SSSR count). The Morgan fingerprint density at radius 1 is 1.17 bits per heavy atom. The van der Waals surface area contributed by atoms with Crippen molar-refractivity contribution in [3.63, 3.8) is 0 Å². The Morgan fingerprint density at radius 2 is 1.83 bits per heavy atom. The molecular weight excluding hydrogens is 308 g/mol. The van der Waals surface area contributed by atoms with Crippen molar-refractivity contribution >= 4 is 23.4 Å². The lowest BCUT2D eigenvalue weighted by Gasteiger charge is -2.23. The average molecular weight is 330 g/mol. The molecule has 1 aromatic rings. The van der Waals surface area contributed by atoms with E-state index in [-0.39, 0.29) is 29.7 Å². The molecule has 1 saturated carbocycles. The Labute approximate surface area is 140 Å². The SMILES string of the molecule is NC(=O)CNC(=O)c1ccc(NC(=O)C2CC23CCNCC3)cc1. The van der Waals surface area contributed by atoms with E-state index in [4.69, 9.17) is 5.73 Å². The molecule has 1 atom stereocenters. The zero-order chi connectivity index (χ0) is 17.2. The van der Waals surface area contributed by atoms with Gasteiger partial charge in [-0.2, -0.15) is 0 Å². The second-order valence-corrected chi connectivity index (χ2v) is 6.58. The monoisotopic (exact) mass is 330 g/mol. The number of carbonyl (C=O) groups excluding carboxylic acids is 3. The van der Waals surface area contributed by atoms with Gasteiger partial charge in [0.15, 0.2) is 0 Å². The first-order chi connectivity index (χ1) is 11.5. The number of nitrogens with two attached hydrogens (primary N) is 1. The number of benzene rings is 1. The van der Waals surface area contributed by atoms with Gasteiger partial charge in [-0.3, -0.25) is 14.4 Å². The number of piperidine rings is 1. The van der Waals surface area contributed by atoms with Gasteiger partial charge < -0.3 is 21.7 Å². The van der Waals surface area contributed by atoms with Crippen LogP contribution in [0.15, 0.2) is 24.3 Å². The second-order valence-electron chi connectivity index (χ2n) is 6.58. The normalized spacial score (nSPS) is 21.1. The number of hydrogen-bond acceptors (Lipinski definition) is 4. The van der Waals surface area contributed by atoms with Gasteiger partial charge in [0.1, 0.15) is 0 Å². The van der Waals surface area contributed by atoms with E-state index in [0.29, 0.717) is 11.3 Å². The van der Waals surface area contributed by atoms with E-state index in [1.165, 1.54) is 0 Å². The first kappa shape index (κ1) is 16.4. The van der Waals surface area contributed by atoms with Crippen LogP contribution in [0.4, 0.5) is 5.69 Å². The van der Waals surface area contributed by atoms with Gasteiger partial charge in [-0.1, -0.05) is 0 Å². The van der Waals surface area contributed by atoms with Crippen LogP contribution in [0, 0.1) is 11.3 Å². The highest BCUT2D eigenvalue weighted by atomic mass is 16.2. The van der Waals surface area contributed by atoms with Gasteiger partial charge in [0.2, 0.25) is 11.8 Å². The molecule has 7 heteroatoms. The molecule has 24 heavy (non-hydrogen) atoms. The summed E-state index contributed by atoms with van der Waals surface area (Å²) < 4.78 is 0. The van der Waals surface area contributed by atoms with Crippen molar-refractivity contribution < 1.29 is 14.4 Å². The predicted molar refractivity (Wildman–Crippen MR) is 89.2 cm³/mol. The zero-order valence-electron chi connectivity index (χ0n) is 13.4. The lowest BCUT2D eigenvalue weighted by molar-refractivity contribution is -0.118. The molecule has 1 aromatic carbocycles. The Kier molecular flexibility index (Phi) is 4.53. The van der Waals surface area contributed by atoms with E-state index in [9.17, 15) is 14.4 Å². The van der Waals surface area contributed by atoms with Crippen LogP contribution < -0.4 is 21.7 Å². The molecule has 7 nitrogen and oxygen atoms in total. The molecular formula is C17H22N4O3. The second kappa shape index (κ2) is 6.60. The van der Waals surface area contributed by atoms with Crippen molar-refractivity contribution in [1.82, 2.24) is 10.6 Å². The molecule has 1 aliphatic heterocycles. The number of primary amides is 1. The molecule has 2 fully saturated rings. The van der Waals surface area contributed by atoms with Gasteiger partial charge in [-0.25, -0.2) is 0 Å². The van der Waals surface area contributed by atoms with Crippen LogP contribution in [-0.2, 0) is 9.59 Å². The third-order valence-corrected chi connectivity index (χ3v) is 4.94. The molecule has 128 valence electrons. The zero-order valence-corrected chi connectivity index (χ0v) is 13.4. The topological polar surface area (TPSA) is 113 Å². The summed E-state index contributed by atoms with van der Waals surface area (Å²) in [6, 6.07) is 6.60. The number of hydrogen-bond donors (Lipinski definition) is 4. The molecule has 1 unspecified atom stereocenters. The first-order valence-electron chi connectivity index (χ1n) is 8.18. The lowest BCUT2D eigenvalue weighted by atomic mass is 9.92. The molecule has 1 aliphatic carbocycles. The average Bonchev–Trinajstić information content (AvgIpc) is 3.27. The van der Waals surface area contributed by atoms with Crippen LogP contribution in [0.25, 0.3) is 0 Å². The van der Waals surface area contributed by atoms with Crippen LogP contribution in [0.1, 0.15) is 29.6 Å². The molecule has 0 aromatic heterocycles. The minimum Gasteiger partial charge on any atom is -0.368 e. The summed E-state index contributed by atoms with van der Waals surface area (Å²) in [4.78, 5) is 34.8. The van der Waals surface area contributed by atoms with E-state index >= 15 is 0 Å². The molecule has 1 heterocycles. The van der Waals surface area contributed by atoms with E-state index in [2.05, 4.69) is 16.0 Å². The lowest BCUT2D eigenvalue weighted by Crippen LogP contribution is -2.33. The largest absolute Gasteiger partial charge is 0.368 e. The highest BCUT2D eigenvalue weighted by Gasteiger charge is 2.57. The van der Waals surface area contributed by atoms with Crippen molar-refractivity contribution in [2.45, 2.75) is 19.3 Å². The minimum absolute atomic E-state index is 0.0582. The third kappa shape index (κ3) is 3.56. The smallest absolute Gasteiger partial charge is 0.251 e. The molecule has 1 spiro atoms. The summed E-state index contributed by atoms with van der Waals surface area (Å²) in [7, 11) is 0. The quantitative estimate of drug-likeness (QED) is 0.619. The third-order valence-electron chi connectivity index (χ3n) is 4.94. The highest BCUT2D eigenvalue weighted by Crippen LogP contribution is 2.58. The van der Waals surface area contributed by atoms with Crippen LogP contribution in [0.5, 0.6) is 0 Å². The first-order valence-corrected chi connectivity index (χ1v) is 8.18. The van der Waals surface area contributed by atoms with Crippen molar-refractivity contribution in [1.29, 1.82) is 0 Å². The maximum atomic E-state index is 12.4. The summed E-state index contributed by atoms with van der Waals surface area (Å²) in [5.74, 6) is -0.813. The summed E-state index contributed by atoms with van der Waals surface area (Å²) in [6.45, 7) is 1.77. The Hall–Kier alpha value is -2.41.